The van der Waals surface area contributed by atoms with E-state index in [1.54, 1.807) is 0 Å². The highest BCUT2D eigenvalue weighted by molar-refractivity contribution is 4.90. The third-order valence-corrected chi connectivity index (χ3v) is 4.98. The molecular formula is C15H26N4O. The first-order valence-electron chi connectivity index (χ1n) is 8.05. The van der Waals surface area contributed by atoms with Crippen LogP contribution in [0.15, 0.2) is 10.9 Å². The van der Waals surface area contributed by atoms with E-state index in [9.17, 15) is 0 Å². The summed E-state index contributed by atoms with van der Waals surface area (Å²) in [5.74, 6) is 1.70. The Bertz CT molecular complexity index is 389. The summed E-state index contributed by atoms with van der Waals surface area (Å²) in [7, 11) is 0. The van der Waals surface area contributed by atoms with E-state index >= 15 is 0 Å². The van der Waals surface area contributed by atoms with Gasteiger partial charge in [0.2, 0.25) is 6.39 Å². The number of hydrogen-bond acceptors (Lipinski definition) is 5. The highest BCUT2D eigenvalue weighted by atomic mass is 16.5. The van der Waals surface area contributed by atoms with Crippen LogP contribution in [0.3, 0.4) is 0 Å². The molecule has 2 aliphatic rings. The van der Waals surface area contributed by atoms with E-state index in [2.05, 4.69) is 27.3 Å². The van der Waals surface area contributed by atoms with Crippen molar-refractivity contribution in [3.63, 3.8) is 0 Å². The van der Waals surface area contributed by atoms with E-state index in [0.717, 1.165) is 31.3 Å². The van der Waals surface area contributed by atoms with Crippen molar-refractivity contribution in [3.05, 3.63) is 12.2 Å². The first-order chi connectivity index (χ1) is 9.83. The average molecular weight is 278 g/mol. The third kappa shape index (κ3) is 3.38. The van der Waals surface area contributed by atoms with Crippen LogP contribution in [-0.4, -0.2) is 46.8 Å². The molecule has 1 aliphatic heterocycles. The standard InChI is InChI=1S/C15H26N4O/c1-12-9-16-14(13-5-3-2-4-6-13)10-19(12)8-7-15-17-11-20-18-15/h11-14,16H,2-10H2,1H3. The van der Waals surface area contributed by atoms with Gasteiger partial charge in [-0.1, -0.05) is 24.4 Å². The quantitative estimate of drug-likeness (QED) is 0.911. The van der Waals surface area contributed by atoms with Crippen molar-refractivity contribution in [1.29, 1.82) is 0 Å². The minimum Gasteiger partial charge on any atom is -0.343 e. The van der Waals surface area contributed by atoms with Crippen molar-refractivity contribution >= 4 is 0 Å². The predicted octanol–water partition coefficient (Wildman–Crippen LogP) is 1.85. The van der Waals surface area contributed by atoms with Gasteiger partial charge in [-0.15, -0.1) is 0 Å². The van der Waals surface area contributed by atoms with Gasteiger partial charge in [0.15, 0.2) is 5.82 Å². The molecule has 2 unspecified atom stereocenters. The van der Waals surface area contributed by atoms with Crippen LogP contribution in [0.4, 0.5) is 0 Å². The molecule has 0 amide bonds. The van der Waals surface area contributed by atoms with Crippen molar-refractivity contribution in [1.82, 2.24) is 20.4 Å². The second-order valence-corrected chi connectivity index (χ2v) is 6.35. The normalized spacial score (nSPS) is 29.6. The molecule has 20 heavy (non-hydrogen) atoms. The van der Waals surface area contributed by atoms with Crippen LogP contribution in [0.25, 0.3) is 0 Å². The highest BCUT2D eigenvalue weighted by Crippen LogP contribution is 2.28. The minimum atomic E-state index is 0.599. The van der Waals surface area contributed by atoms with Crippen LogP contribution in [0, 0.1) is 5.92 Å². The van der Waals surface area contributed by atoms with Gasteiger partial charge in [0.1, 0.15) is 0 Å². The van der Waals surface area contributed by atoms with Crippen molar-refractivity contribution in [2.45, 2.75) is 57.5 Å². The molecule has 0 radical (unpaired) electrons. The Kier molecular flexibility index (Phi) is 4.68. The first-order valence-corrected chi connectivity index (χ1v) is 8.05. The second kappa shape index (κ2) is 6.68. The molecule has 3 rings (SSSR count). The van der Waals surface area contributed by atoms with E-state index in [-0.39, 0.29) is 0 Å². The average Bonchev–Trinajstić information content (AvgIpc) is 3.01. The van der Waals surface area contributed by atoms with Crippen LogP contribution < -0.4 is 5.32 Å². The Hall–Kier alpha value is -0.940. The zero-order chi connectivity index (χ0) is 13.8. The molecule has 1 N–H and O–H groups in total. The highest BCUT2D eigenvalue weighted by Gasteiger charge is 2.30. The number of piperazine rings is 1. The minimum absolute atomic E-state index is 0.599. The summed E-state index contributed by atoms with van der Waals surface area (Å²) < 4.78 is 4.81. The SMILES string of the molecule is CC1CNC(C2CCCCC2)CN1CCc1ncon1. The van der Waals surface area contributed by atoms with Gasteiger partial charge < -0.3 is 9.84 Å². The number of aromatic nitrogens is 2. The van der Waals surface area contributed by atoms with E-state index in [1.807, 2.05) is 0 Å². The summed E-state index contributed by atoms with van der Waals surface area (Å²) in [6, 6.07) is 1.28. The summed E-state index contributed by atoms with van der Waals surface area (Å²) in [6.45, 7) is 5.61. The maximum absolute atomic E-state index is 4.81. The number of nitrogens with zero attached hydrogens (tertiary/aromatic N) is 3. The molecule has 0 spiro atoms. The molecule has 112 valence electrons. The Morgan fingerprint density at radius 1 is 1.35 bits per heavy atom. The van der Waals surface area contributed by atoms with Crippen LogP contribution >= 0.6 is 0 Å². The van der Waals surface area contributed by atoms with Gasteiger partial charge in [-0.2, -0.15) is 4.98 Å². The molecule has 1 aromatic heterocycles. The fourth-order valence-electron chi connectivity index (χ4n) is 3.66. The molecule has 2 fully saturated rings. The molecule has 1 saturated carbocycles. The molecule has 5 nitrogen and oxygen atoms in total. The predicted molar refractivity (Wildman–Crippen MR) is 77.4 cm³/mol. The smallest absolute Gasteiger partial charge is 0.213 e. The largest absolute Gasteiger partial charge is 0.343 e. The zero-order valence-corrected chi connectivity index (χ0v) is 12.4. The molecule has 2 heterocycles. The molecule has 0 bridgehead atoms. The van der Waals surface area contributed by atoms with Crippen LogP contribution in [0.2, 0.25) is 0 Å². The lowest BCUT2D eigenvalue weighted by Gasteiger charge is -2.42. The van der Waals surface area contributed by atoms with Gasteiger partial charge in [-0.3, -0.25) is 4.90 Å². The topological polar surface area (TPSA) is 54.2 Å². The Balaban J connectivity index is 1.52. The summed E-state index contributed by atoms with van der Waals surface area (Å²) in [6.07, 6.45) is 9.39. The van der Waals surface area contributed by atoms with Gasteiger partial charge in [0.05, 0.1) is 0 Å². The van der Waals surface area contributed by atoms with E-state index in [4.69, 9.17) is 4.52 Å². The van der Waals surface area contributed by atoms with E-state index in [0.29, 0.717) is 12.1 Å². The summed E-state index contributed by atoms with van der Waals surface area (Å²) in [5.41, 5.74) is 0. The summed E-state index contributed by atoms with van der Waals surface area (Å²) in [4.78, 5) is 6.70. The molecule has 2 atom stereocenters. The maximum atomic E-state index is 4.81. The first kappa shape index (κ1) is 14.0. The van der Waals surface area contributed by atoms with Crippen molar-refractivity contribution in [3.8, 4) is 0 Å². The zero-order valence-electron chi connectivity index (χ0n) is 12.4. The molecular weight excluding hydrogens is 252 g/mol. The van der Waals surface area contributed by atoms with Crippen molar-refractivity contribution in [2.24, 2.45) is 5.92 Å². The molecule has 0 aromatic carbocycles. The molecule has 1 aliphatic carbocycles. The Morgan fingerprint density at radius 2 is 2.20 bits per heavy atom. The molecule has 5 heteroatoms. The number of nitrogens with one attached hydrogen (secondary N) is 1. The van der Waals surface area contributed by atoms with Gasteiger partial charge in [0.25, 0.3) is 0 Å². The fraction of sp³-hybridized carbons (Fsp3) is 0.867. The van der Waals surface area contributed by atoms with Crippen LogP contribution in [-0.2, 0) is 6.42 Å². The lowest BCUT2D eigenvalue weighted by atomic mass is 9.82. The lowest BCUT2D eigenvalue weighted by Crippen LogP contribution is -2.58. The molecule has 1 aromatic rings. The lowest BCUT2D eigenvalue weighted by molar-refractivity contribution is 0.105. The van der Waals surface area contributed by atoms with E-state index < -0.39 is 0 Å². The summed E-state index contributed by atoms with van der Waals surface area (Å²) in [5, 5.41) is 7.68. The maximum Gasteiger partial charge on any atom is 0.213 e. The third-order valence-electron chi connectivity index (χ3n) is 4.98. The van der Waals surface area contributed by atoms with Crippen molar-refractivity contribution < 1.29 is 4.52 Å². The van der Waals surface area contributed by atoms with Gasteiger partial charge in [-0.05, 0) is 25.7 Å². The van der Waals surface area contributed by atoms with Crippen molar-refractivity contribution in [2.75, 3.05) is 19.6 Å². The van der Waals surface area contributed by atoms with Gasteiger partial charge in [-0.25, -0.2) is 0 Å². The monoisotopic (exact) mass is 278 g/mol. The fourth-order valence-corrected chi connectivity index (χ4v) is 3.66. The van der Waals surface area contributed by atoms with Gasteiger partial charge >= 0.3 is 0 Å². The van der Waals surface area contributed by atoms with E-state index in [1.165, 1.54) is 45.0 Å². The van der Waals surface area contributed by atoms with Crippen LogP contribution in [0.5, 0.6) is 0 Å². The Labute approximate surface area is 121 Å². The molecule has 1 saturated heterocycles. The summed E-state index contributed by atoms with van der Waals surface area (Å²) >= 11 is 0. The second-order valence-electron chi connectivity index (χ2n) is 6.35. The van der Waals surface area contributed by atoms with Gasteiger partial charge in [0, 0.05) is 38.1 Å². The Morgan fingerprint density at radius 3 is 2.95 bits per heavy atom. The number of hydrogen-bond donors (Lipinski definition) is 1. The number of rotatable bonds is 4. The van der Waals surface area contributed by atoms with Crippen LogP contribution in [0.1, 0.15) is 44.9 Å².